The van der Waals surface area contributed by atoms with Gasteiger partial charge >= 0.3 is 5.97 Å². The maximum Gasteiger partial charge on any atom is 0.331 e. The number of carbonyl (C=O) groups is 2. The smallest absolute Gasteiger partial charge is 0.331 e. The van der Waals surface area contributed by atoms with E-state index in [1.54, 1.807) is 18.2 Å². The predicted octanol–water partition coefficient (Wildman–Crippen LogP) is 2.32. The number of carboxylic acid groups (broad SMARTS) is 1. The van der Waals surface area contributed by atoms with E-state index in [1.807, 2.05) is 0 Å². The number of aliphatic carboxylic acids is 1. The van der Waals surface area contributed by atoms with E-state index in [1.165, 1.54) is 7.05 Å². The van der Waals surface area contributed by atoms with Gasteiger partial charge < -0.3 is 10.0 Å². The van der Waals surface area contributed by atoms with Gasteiger partial charge in [0.25, 0.3) is 0 Å². The first-order valence-electron chi connectivity index (χ1n) is 4.32. The molecule has 1 N–H and O–H groups in total. The van der Waals surface area contributed by atoms with E-state index in [4.69, 9.17) is 16.7 Å². The van der Waals surface area contributed by atoms with Crippen LogP contribution in [0.2, 0.25) is 5.02 Å². The SMILES string of the molecule is CN(C=O)C(C(=O)O)c1cc(Br)ccc1Cl. The molecular weight excluding hydrogens is 297 g/mol. The Morgan fingerprint density at radius 3 is 2.75 bits per heavy atom. The van der Waals surface area contributed by atoms with Crippen molar-refractivity contribution in [3.05, 3.63) is 33.3 Å². The fraction of sp³-hybridized carbons (Fsp3) is 0.200. The van der Waals surface area contributed by atoms with E-state index in [0.717, 1.165) is 4.90 Å². The summed E-state index contributed by atoms with van der Waals surface area (Å²) < 4.78 is 0.706. The number of hydrogen-bond acceptors (Lipinski definition) is 2. The minimum Gasteiger partial charge on any atom is -0.479 e. The molecule has 16 heavy (non-hydrogen) atoms. The number of carboxylic acids is 1. The Hall–Kier alpha value is -1.07. The van der Waals surface area contributed by atoms with Gasteiger partial charge in [-0.25, -0.2) is 4.79 Å². The molecule has 4 nitrogen and oxygen atoms in total. The number of benzene rings is 1. The Labute approximate surface area is 106 Å². The van der Waals surface area contributed by atoms with Gasteiger partial charge in [-0.1, -0.05) is 27.5 Å². The minimum atomic E-state index is -1.13. The maximum absolute atomic E-state index is 11.1. The van der Waals surface area contributed by atoms with Crippen molar-refractivity contribution in [3.8, 4) is 0 Å². The van der Waals surface area contributed by atoms with E-state index in [0.29, 0.717) is 21.5 Å². The van der Waals surface area contributed by atoms with Crippen LogP contribution >= 0.6 is 27.5 Å². The van der Waals surface area contributed by atoms with Gasteiger partial charge in [0.1, 0.15) is 0 Å². The summed E-state index contributed by atoms with van der Waals surface area (Å²) in [4.78, 5) is 22.8. The lowest BCUT2D eigenvalue weighted by atomic mass is 10.1. The lowest BCUT2D eigenvalue weighted by Crippen LogP contribution is -2.29. The van der Waals surface area contributed by atoms with Crippen molar-refractivity contribution in [2.45, 2.75) is 6.04 Å². The Morgan fingerprint density at radius 2 is 2.25 bits per heavy atom. The van der Waals surface area contributed by atoms with Crippen LogP contribution in [0.4, 0.5) is 0 Å². The van der Waals surface area contributed by atoms with Gasteiger partial charge in [-0.15, -0.1) is 0 Å². The van der Waals surface area contributed by atoms with E-state index in [-0.39, 0.29) is 0 Å². The van der Waals surface area contributed by atoms with Gasteiger partial charge in [0.2, 0.25) is 6.41 Å². The van der Waals surface area contributed by atoms with Gasteiger partial charge in [0, 0.05) is 22.1 Å². The molecule has 6 heteroatoms. The molecule has 1 aromatic rings. The first kappa shape index (κ1) is 13.0. The Kier molecular flexibility index (Phi) is 4.32. The molecule has 1 atom stereocenters. The van der Waals surface area contributed by atoms with Crippen LogP contribution in [0.25, 0.3) is 0 Å². The number of hydrogen-bond donors (Lipinski definition) is 1. The largest absolute Gasteiger partial charge is 0.479 e. The molecule has 0 aliphatic carbocycles. The summed E-state index contributed by atoms with van der Waals surface area (Å²) in [6.45, 7) is 0. The molecule has 0 aromatic heterocycles. The lowest BCUT2D eigenvalue weighted by molar-refractivity contribution is -0.145. The highest BCUT2D eigenvalue weighted by molar-refractivity contribution is 9.10. The highest BCUT2D eigenvalue weighted by Crippen LogP contribution is 2.29. The van der Waals surface area contributed by atoms with E-state index in [2.05, 4.69) is 15.9 Å². The summed E-state index contributed by atoms with van der Waals surface area (Å²) in [5.41, 5.74) is 0.373. The Balaban J connectivity index is 3.25. The van der Waals surface area contributed by atoms with E-state index >= 15 is 0 Å². The monoisotopic (exact) mass is 305 g/mol. The van der Waals surface area contributed by atoms with Crippen LogP contribution in [-0.2, 0) is 9.59 Å². The van der Waals surface area contributed by atoms with Crippen LogP contribution < -0.4 is 0 Å². The van der Waals surface area contributed by atoms with Crippen molar-refractivity contribution in [3.63, 3.8) is 0 Å². The lowest BCUT2D eigenvalue weighted by Gasteiger charge is -2.21. The summed E-state index contributed by atoms with van der Waals surface area (Å²) in [5.74, 6) is -1.13. The number of halogens is 2. The number of carbonyl (C=O) groups excluding carboxylic acids is 1. The molecule has 86 valence electrons. The van der Waals surface area contributed by atoms with Crippen LogP contribution in [0, 0.1) is 0 Å². The van der Waals surface area contributed by atoms with Crippen LogP contribution in [-0.4, -0.2) is 29.4 Å². The van der Waals surface area contributed by atoms with Gasteiger partial charge in [0.05, 0.1) is 0 Å². The van der Waals surface area contributed by atoms with Gasteiger partial charge in [-0.2, -0.15) is 0 Å². The molecule has 0 aliphatic heterocycles. The van der Waals surface area contributed by atoms with Crippen LogP contribution in [0.5, 0.6) is 0 Å². The first-order chi connectivity index (χ1) is 7.47. The number of nitrogens with zero attached hydrogens (tertiary/aromatic N) is 1. The van der Waals surface area contributed by atoms with Crippen LogP contribution in [0.1, 0.15) is 11.6 Å². The van der Waals surface area contributed by atoms with Crippen molar-refractivity contribution in [2.24, 2.45) is 0 Å². The topological polar surface area (TPSA) is 57.6 Å². The van der Waals surface area contributed by atoms with Crippen LogP contribution in [0.3, 0.4) is 0 Å². The van der Waals surface area contributed by atoms with Crippen LogP contribution in [0.15, 0.2) is 22.7 Å². The molecule has 1 rings (SSSR count). The maximum atomic E-state index is 11.1. The molecule has 0 heterocycles. The minimum absolute atomic E-state index is 0.310. The number of amides is 1. The second-order valence-electron chi connectivity index (χ2n) is 3.18. The van der Waals surface area contributed by atoms with Gasteiger partial charge in [-0.3, -0.25) is 4.79 Å². The number of rotatable bonds is 4. The normalized spacial score (nSPS) is 11.9. The van der Waals surface area contributed by atoms with Crippen molar-refractivity contribution in [1.29, 1.82) is 0 Å². The zero-order valence-electron chi connectivity index (χ0n) is 8.35. The second-order valence-corrected chi connectivity index (χ2v) is 4.50. The molecule has 0 saturated carbocycles. The standard InChI is InChI=1S/C10H9BrClNO3/c1-13(5-14)9(10(15)16)7-4-6(11)2-3-8(7)12/h2-5,9H,1H3,(H,15,16). The molecule has 0 radical (unpaired) electrons. The third kappa shape index (κ3) is 2.74. The third-order valence-electron chi connectivity index (χ3n) is 2.06. The molecule has 0 aliphatic rings. The fourth-order valence-corrected chi connectivity index (χ4v) is 1.91. The molecular formula is C10H9BrClNO3. The molecule has 1 amide bonds. The second kappa shape index (κ2) is 5.32. The third-order valence-corrected chi connectivity index (χ3v) is 2.90. The first-order valence-corrected chi connectivity index (χ1v) is 5.49. The van der Waals surface area contributed by atoms with Crippen molar-refractivity contribution in [1.82, 2.24) is 4.90 Å². The highest BCUT2D eigenvalue weighted by atomic mass is 79.9. The Bertz CT molecular complexity index is 425. The summed E-state index contributed by atoms with van der Waals surface area (Å²) in [7, 11) is 1.39. The summed E-state index contributed by atoms with van der Waals surface area (Å²) >= 11 is 9.14. The average molecular weight is 307 g/mol. The highest BCUT2D eigenvalue weighted by Gasteiger charge is 2.26. The molecule has 1 unspecified atom stereocenters. The fourth-order valence-electron chi connectivity index (χ4n) is 1.31. The molecule has 1 aromatic carbocycles. The quantitative estimate of drug-likeness (QED) is 0.869. The van der Waals surface area contributed by atoms with Crippen molar-refractivity contribution >= 4 is 39.9 Å². The molecule has 0 spiro atoms. The zero-order valence-corrected chi connectivity index (χ0v) is 10.7. The average Bonchev–Trinajstić information content (AvgIpc) is 2.22. The molecule has 0 saturated heterocycles. The number of likely N-dealkylation sites (N-methyl/N-ethyl adjacent to an activating group) is 1. The Morgan fingerprint density at radius 1 is 1.62 bits per heavy atom. The van der Waals surface area contributed by atoms with E-state index < -0.39 is 12.0 Å². The van der Waals surface area contributed by atoms with Gasteiger partial charge in [0.15, 0.2) is 6.04 Å². The van der Waals surface area contributed by atoms with Gasteiger partial charge in [-0.05, 0) is 18.2 Å². The summed E-state index contributed by atoms with van der Waals surface area (Å²) in [6, 6.07) is 3.78. The molecule has 0 fully saturated rings. The molecule has 0 bridgehead atoms. The zero-order chi connectivity index (χ0) is 12.3. The summed E-state index contributed by atoms with van der Waals surface area (Å²) in [5, 5.41) is 9.38. The predicted molar refractivity (Wildman–Crippen MR) is 63.4 cm³/mol. The van der Waals surface area contributed by atoms with Crippen molar-refractivity contribution < 1.29 is 14.7 Å². The van der Waals surface area contributed by atoms with Crippen molar-refractivity contribution in [2.75, 3.05) is 7.05 Å². The summed E-state index contributed by atoms with van der Waals surface area (Å²) in [6.07, 6.45) is 0.454. The van der Waals surface area contributed by atoms with E-state index in [9.17, 15) is 9.59 Å².